The van der Waals surface area contributed by atoms with E-state index in [9.17, 15) is 29.4 Å². The van der Waals surface area contributed by atoms with E-state index >= 15 is 0 Å². The molecule has 3 rings (SSSR count). The van der Waals surface area contributed by atoms with Gasteiger partial charge in [-0.25, -0.2) is 9.18 Å². The molecule has 33 heavy (non-hydrogen) atoms. The lowest BCUT2D eigenvalue weighted by molar-refractivity contribution is -0.384. The number of carbonyl (C=O) groups excluding carboxylic acids is 2. The minimum atomic E-state index is -0.964. The number of amides is 1. The van der Waals surface area contributed by atoms with Gasteiger partial charge in [-0.1, -0.05) is 12.1 Å². The van der Waals surface area contributed by atoms with Gasteiger partial charge in [-0.3, -0.25) is 14.9 Å². The molecular weight excluding hydrogens is 433 g/mol. The molecule has 0 atom stereocenters. The summed E-state index contributed by atoms with van der Waals surface area (Å²) < 4.78 is 24.5. The highest BCUT2D eigenvalue weighted by Gasteiger charge is 2.17. The summed E-state index contributed by atoms with van der Waals surface area (Å²) in [6, 6.07) is 13.9. The maximum Gasteiger partial charge on any atom is 0.338 e. The van der Waals surface area contributed by atoms with E-state index in [1.54, 1.807) is 43.3 Å². The van der Waals surface area contributed by atoms with Crippen molar-refractivity contribution in [3.63, 3.8) is 0 Å². The number of benzene rings is 2. The smallest absolute Gasteiger partial charge is 0.338 e. The molecule has 0 bridgehead atoms. The molecule has 0 saturated carbocycles. The highest BCUT2D eigenvalue weighted by Crippen LogP contribution is 2.25. The molecule has 1 N–H and O–H groups in total. The van der Waals surface area contributed by atoms with Crippen LogP contribution in [-0.2, 0) is 9.53 Å². The van der Waals surface area contributed by atoms with Crippen molar-refractivity contribution >= 4 is 29.3 Å². The molecule has 2 aromatic carbocycles. The molecule has 9 nitrogen and oxygen atoms in total. The molecular formula is C23H16FN3O6. The van der Waals surface area contributed by atoms with Gasteiger partial charge in [0.2, 0.25) is 0 Å². The van der Waals surface area contributed by atoms with Crippen LogP contribution in [0.15, 0.2) is 64.6 Å². The number of carbonyl (C=O) groups is 2. The number of rotatable bonds is 7. The zero-order valence-corrected chi connectivity index (χ0v) is 17.2. The topological polar surface area (TPSA) is 135 Å². The molecule has 1 heterocycles. The number of ether oxygens (including phenoxy) is 1. The lowest BCUT2D eigenvalue weighted by Gasteiger charge is -2.05. The van der Waals surface area contributed by atoms with Crippen LogP contribution in [0, 0.1) is 27.3 Å². The zero-order valence-electron chi connectivity index (χ0n) is 17.2. The van der Waals surface area contributed by atoms with Crippen molar-refractivity contribution in [3.05, 3.63) is 87.4 Å². The van der Waals surface area contributed by atoms with Gasteiger partial charge in [0.15, 0.2) is 0 Å². The van der Waals surface area contributed by atoms with E-state index in [0.29, 0.717) is 16.9 Å². The number of anilines is 1. The summed E-state index contributed by atoms with van der Waals surface area (Å²) in [5.74, 6) is -1.71. The predicted octanol–water partition coefficient (Wildman–Crippen LogP) is 4.72. The fourth-order valence-corrected chi connectivity index (χ4v) is 2.77. The van der Waals surface area contributed by atoms with Crippen molar-refractivity contribution in [1.29, 1.82) is 5.26 Å². The van der Waals surface area contributed by atoms with Crippen molar-refractivity contribution in [2.24, 2.45) is 0 Å². The number of furan rings is 1. The average molecular weight is 449 g/mol. The lowest BCUT2D eigenvalue weighted by Crippen LogP contribution is -2.14. The van der Waals surface area contributed by atoms with Crippen LogP contribution in [-0.4, -0.2) is 23.4 Å². The highest BCUT2D eigenvalue weighted by molar-refractivity contribution is 6.09. The Bertz CT molecular complexity index is 1290. The highest BCUT2D eigenvalue weighted by atomic mass is 19.1. The second kappa shape index (κ2) is 10.0. The van der Waals surface area contributed by atoms with Gasteiger partial charge in [-0.2, -0.15) is 5.26 Å². The van der Waals surface area contributed by atoms with E-state index in [1.165, 1.54) is 6.07 Å². The first kappa shape index (κ1) is 22.9. The van der Waals surface area contributed by atoms with Crippen molar-refractivity contribution in [2.45, 2.75) is 6.92 Å². The summed E-state index contributed by atoms with van der Waals surface area (Å²) in [4.78, 5) is 34.2. The Hall–Kier alpha value is -4.78. The zero-order chi connectivity index (χ0) is 24.0. The maximum atomic E-state index is 13.9. The Balaban J connectivity index is 1.78. The van der Waals surface area contributed by atoms with Crippen LogP contribution < -0.4 is 5.32 Å². The Morgan fingerprint density at radius 2 is 1.94 bits per heavy atom. The van der Waals surface area contributed by atoms with Gasteiger partial charge in [0.25, 0.3) is 11.6 Å². The SMILES string of the molecule is CCOC(=O)c1ccc(-c2ccc(C=C(C#N)C(=O)Nc3cc([N+](=O)[O-])ccc3F)o2)cc1. The second-order valence-corrected chi connectivity index (χ2v) is 6.55. The van der Waals surface area contributed by atoms with E-state index in [0.717, 1.165) is 24.3 Å². The normalized spacial score (nSPS) is 10.9. The van der Waals surface area contributed by atoms with Crippen molar-refractivity contribution < 1.29 is 28.1 Å². The van der Waals surface area contributed by atoms with Crippen LogP contribution >= 0.6 is 0 Å². The van der Waals surface area contributed by atoms with Crippen LogP contribution in [0.4, 0.5) is 15.8 Å². The van der Waals surface area contributed by atoms with Gasteiger partial charge >= 0.3 is 5.97 Å². The summed E-state index contributed by atoms with van der Waals surface area (Å²) in [7, 11) is 0. The van der Waals surface area contributed by atoms with Gasteiger partial charge < -0.3 is 14.5 Å². The molecule has 0 aliphatic rings. The van der Waals surface area contributed by atoms with Gasteiger partial charge in [-0.15, -0.1) is 0 Å². The lowest BCUT2D eigenvalue weighted by atomic mass is 10.1. The Labute approximate surface area is 186 Å². The van der Waals surface area contributed by atoms with Crippen LogP contribution in [0.3, 0.4) is 0 Å². The van der Waals surface area contributed by atoms with Gasteiger partial charge in [0.1, 0.15) is 29.0 Å². The van der Waals surface area contributed by atoms with E-state index < -0.39 is 39.6 Å². The molecule has 1 amide bonds. The van der Waals surface area contributed by atoms with E-state index in [-0.39, 0.29) is 12.4 Å². The molecule has 0 unspecified atom stereocenters. The van der Waals surface area contributed by atoms with Crippen LogP contribution in [0.25, 0.3) is 17.4 Å². The van der Waals surface area contributed by atoms with Crippen LogP contribution in [0.2, 0.25) is 0 Å². The van der Waals surface area contributed by atoms with E-state index in [4.69, 9.17) is 9.15 Å². The van der Waals surface area contributed by atoms with Gasteiger partial charge in [0, 0.05) is 23.8 Å². The first-order valence-electron chi connectivity index (χ1n) is 9.57. The van der Waals surface area contributed by atoms with Crippen LogP contribution in [0.1, 0.15) is 23.0 Å². The third-order valence-electron chi connectivity index (χ3n) is 4.37. The molecule has 0 saturated heterocycles. The van der Waals surface area contributed by atoms with Crippen molar-refractivity contribution in [1.82, 2.24) is 0 Å². The number of nitro benzene ring substituents is 1. The summed E-state index contributed by atoms with van der Waals surface area (Å²) in [5.41, 5.74) is -0.233. The fraction of sp³-hybridized carbons (Fsp3) is 0.0870. The molecule has 0 aliphatic heterocycles. The summed E-state index contributed by atoms with van der Waals surface area (Å²) in [6.07, 6.45) is 1.15. The number of halogens is 1. The molecule has 166 valence electrons. The van der Waals surface area contributed by atoms with Gasteiger partial charge in [0.05, 0.1) is 22.8 Å². The Morgan fingerprint density at radius 1 is 1.21 bits per heavy atom. The van der Waals surface area contributed by atoms with Crippen LogP contribution in [0.5, 0.6) is 0 Å². The number of nitrogens with one attached hydrogen (secondary N) is 1. The number of esters is 1. The molecule has 3 aromatic rings. The number of non-ortho nitro benzene ring substituents is 1. The number of nitriles is 1. The van der Waals surface area contributed by atoms with E-state index in [1.807, 2.05) is 0 Å². The second-order valence-electron chi connectivity index (χ2n) is 6.55. The molecule has 10 heteroatoms. The molecule has 0 spiro atoms. The predicted molar refractivity (Wildman–Crippen MR) is 115 cm³/mol. The molecule has 0 aliphatic carbocycles. The number of nitrogens with zero attached hydrogens (tertiary/aromatic N) is 2. The van der Waals surface area contributed by atoms with Crippen molar-refractivity contribution in [3.8, 4) is 17.4 Å². The van der Waals surface area contributed by atoms with E-state index in [2.05, 4.69) is 5.32 Å². The fourth-order valence-electron chi connectivity index (χ4n) is 2.77. The standard InChI is InChI=1S/C23H16FN3O6/c1-2-32-23(29)15-5-3-14(4-6-15)21-10-8-18(33-21)11-16(13-25)22(28)26-20-12-17(27(30)31)7-9-19(20)24/h3-12H,2H2,1H3,(H,26,28). The summed E-state index contributed by atoms with van der Waals surface area (Å²) >= 11 is 0. The summed E-state index contributed by atoms with van der Waals surface area (Å²) in [5, 5.41) is 22.3. The average Bonchev–Trinajstić information content (AvgIpc) is 3.27. The minimum absolute atomic E-state index is 0.172. The molecule has 0 fully saturated rings. The monoisotopic (exact) mass is 449 g/mol. The van der Waals surface area contributed by atoms with Gasteiger partial charge in [-0.05, 0) is 37.3 Å². The molecule has 0 radical (unpaired) electrons. The summed E-state index contributed by atoms with van der Waals surface area (Å²) in [6.45, 7) is 1.97. The molecule has 1 aromatic heterocycles. The Morgan fingerprint density at radius 3 is 2.58 bits per heavy atom. The third-order valence-corrected chi connectivity index (χ3v) is 4.37. The van der Waals surface area contributed by atoms with Crippen molar-refractivity contribution in [2.75, 3.05) is 11.9 Å². The Kier molecular flexibility index (Phi) is 6.95. The minimum Gasteiger partial charge on any atom is -0.462 e. The first-order chi connectivity index (χ1) is 15.8. The first-order valence-corrected chi connectivity index (χ1v) is 9.57. The number of nitro groups is 1. The third kappa shape index (κ3) is 5.48. The number of hydrogen-bond acceptors (Lipinski definition) is 7. The maximum absolute atomic E-state index is 13.9. The number of hydrogen-bond donors (Lipinski definition) is 1. The largest absolute Gasteiger partial charge is 0.462 e. The quantitative estimate of drug-likeness (QED) is 0.181.